The van der Waals surface area contributed by atoms with E-state index in [1.807, 2.05) is 26.0 Å². The van der Waals surface area contributed by atoms with Crippen molar-refractivity contribution < 1.29 is 17.9 Å². The lowest BCUT2D eigenvalue weighted by atomic mass is 10.2. The van der Waals surface area contributed by atoms with Crippen LogP contribution in [0.4, 0.5) is 5.13 Å². The molecular formula is C25H29N3O4S2. The zero-order chi connectivity index (χ0) is 23.9. The van der Waals surface area contributed by atoms with Crippen LogP contribution >= 0.6 is 11.3 Å². The average molecular weight is 500 g/mol. The Morgan fingerprint density at radius 2 is 1.88 bits per heavy atom. The summed E-state index contributed by atoms with van der Waals surface area (Å²) >= 11 is 1.47. The number of aromatic nitrogens is 1. The summed E-state index contributed by atoms with van der Waals surface area (Å²) in [5, 5.41) is 0.598. The van der Waals surface area contributed by atoms with Crippen LogP contribution < -0.4 is 4.90 Å². The molecule has 1 amide bonds. The molecule has 0 saturated carbocycles. The molecule has 5 rings (SSSR count). The summed E-state index contributed by atoms with van der Waals surface area (Å²) in [4.78, 5) is 20.6. The SMILES string of the molecule is Cc1ccc(S(=O)(=O)N2CCC[C@@H]2C(=O)N(C[C@@H]2CCCO2)c2nc3ccc(C)cc3s2)cc1. The van der Waals surface area contributed by atoms with Crippen molar-refractivity contribution in [3.05, 3.63) is 53.6 Å². The number of nitrogens with zero attached hydrogens (tertiary/aromatic N) is 3. The fraction of sp³-hybridized carbons (Fsp3) is 0.440. The standard InChI is InChI=1S/C25H29N3O4S2/c1-17-7-10-20(11-8-17)34(30,31)28-13-3-6-22(28)24(29)27(16-19-5-4-14-32-19)25-26-21-12-9-18(2)15-23(21)33-25/h7-12,15,19,22H,3-6,13-14,16H2,1-2H3/t19-,22+/m0/s1. The van der Waals surface area contributed by atoms with Gasteiger partial charge in [-0.2, -0.15) is 4.31 Å². The lowest BCUT2D eigenvalue weighted by Crippen LogP contribution is -2.49. The number of aryl methyl sites for hydroxylation is 2. The van der Waals surface area contributed by atoms with E-state index in [0.717, 1.165) is 34.2 Å². The summed E-state index contributed by atoms with van der Waals surface area (Å²) in [6.45, 7) is 5.34. The van der Waals surface area contributed by atoms with Gasteiger partial charge in [-0.3, -0.25) is 9.69 Å². The van der Waals surface area contributed by atoms with Crippen LogP contribution in [0, 0.1) is 13.8 Å². The molecule has 34 heavy (non-hydrogen) atoms. The Kier molecular flexibility index (Phi) is 6.45. The van der Waals surface area contributed by atoms with E-state index in [2.05, 4.69) is 6.07 Å². The Morgan fingerprint density at radius 3 is 2.62 bits per heavy atom. The maximum absolute atomic E-state index is 14.0. The maximum Gasteiger partial charge on any atom is 0.247 e. The second kappa shape index (κ2) is 9.37. The number of hydrogen-bond acceptors (Lipinski definition) is 6. The van der Waals surface area contributed by atoms with E-state index >= 15 is 0 Å². The van der Waals surface area contributed by atoms with Crippen LogP contribution in [0.25, 0.3) is 10.2 Å². The zero-order valence-corrected chi connectivity index (χ0v) is 21.1. The number of amides is 1. The smallest absolute Gasteiger partial charge is 0.247 e. The molecule has 2 aliphatic heterocycles. The normalized spacial score (nSPS) is 21.4. The molecule has 0 spiro atoms. The second-order valence-electron chi connectivity index (χ2n) is 9.14. The van der Waals surface area contributed by atoms with Crippen molar-refractivity contribution in [2.45, 2.75) is 56.6 Å². The molecule has 0 N–H and O–H groups in total. The molecule has 0 unspecified atom stereocenters. The van der Waals surface area contributed by atoms with Crippen molar-refractivity contribution in [1.82, 2.24) is 9.29 Å². The zero-order valence-electron chi connectivity index (χ0n) is 19.4. The highest BCUT2D eigenvalue weighted by Gasteiger charge is 2.42. The van der Waals surface area contributed by atoms with E-state index in [1.165, 1.54) is 15.6 Å². The van der Waals surface area contributed by atoms with Crippen molar-refractivity contribution in [2.24, 2.45) is 0 Å². The lowest BCUT2D eigenvalue weighted by molar-refractivity contribution is -0.122. The molecule has 2 aliphatic rings. The molecule has 3 heterocycles. The first kappa shape index (κ1) is 23.4. The highest BCUT2D eigenvalue weighted by molar-refractivity contribution is 7.89. The molecule has 0 radical (unpaired) electrons. The molecule has 2 aromatic carbocycles. The number of rotatable bonds is 6. The van der Waals surface area contributed by atoms with Crippen LogP contribution in [0.2, 0.25) is 0 Å². The minimum Gasteiger partial charge on any atom is -0.376 e. The first-order valence-electron chi connectivity index (χ1n) is 11.7. The summed E-state index contributed by atoms with van der Waals surface area (Å²) in [6, 6.07) is 12.1. The van der Waals surface area contributed by atoms with Gasteiger partial charge >= 0.3 is 0 Å². The third-order valence-corrected chi connectivity index (χ3v) is 9.52. The van der Waals surface area contributed by atoms with Crippen LogP contribution in [0.1, 0.15) is 36.8 Å². The molecule has 2 saturated heterocycles. The predicted octanol–water partition coefficient (Wildman–Crippen LogP) is 4.28. The fourth-order valence-corrected chi connectivity index (χ4v) is 7.42. The number of ether oxygens (including phenoxy) is 1. The number of thiazole rings is 1. The Labute approximate surface area is 204 Å². The van der Waals surface area contributed by atoms with Crippen molar-refractivity contribution in [3.63, 3.8) is 0 Å². The van der Waals surface area contributed by atoms with Gasteiger partial charge in [0.05, 0.1) is 27.8 Å². The van der Waals surface area contributed by atoms with Gasteiger partial charge in [-0.15, -0.1) is 0 Å². The third-order valence-electron chi connectivity index (χ3n) is 6.56. The topological polar surface area (TPSA) is 79.8 Å². The highest BCUT2D eigenvalue weighted by Crippen LogP contribution is 2.34. The second-order valence-corrected chi connectivity index (χ2v) is 12.0. The summed E-state index contributed by atoms with van der Waals surface area (Å²) in [5.74, 6) is -0.223. The average Bonchev–Trinajstić information content (AvgIpc) is 3.57. The lowest BCUT2D eigenvalue weighted by Gasteiger charge is -2.29. The van der Waals surface area contributed by atoms with E-state index in [1.54, 1.807) is 29.2 Å². The van der Waals surface area contributed by atoms with E-state index in [-0.39, 0.29) is 16.9 Å². The molecular weight excluding hydrogens is 470 g/mol. The minimum atomic E-state index is -3.79. The highest BCUT2D eigenvalue weighted by atomic mass is 32.2. The Balaban J connectivity index is 1.48. The fourth-order valence-electron chi connectivity index (χ4n) is 4.69. The molecule has 7 nitrogen and oxygen atoms in total. The predicted molar refractivity (Wildman–Crippen MR) is 134 cm³/mol. The van der Waals surface area contributed by atoms with E-state index in [9.17, 15) is 13.2 Å². The Morgan fingerprint density at radius 1 is 1.12 bits per heavy atom. The van der Waals surface area contributed by atoms with Crippen molar-refractivity contribution >= 4 is 42.6 Å². The summed E-state index contributed by atoms with van der Waals surface area (Å²) in [5.41, 5.74) is 2.96. The maximum atomic E-state index is 14.0. The molecule has 3 aromatic rings. The van der Waals surface area contributed by atoms with Crippen molar-refractivity contribution in [2.75, 3.05) is 24.6 Å². The monoisotopic (exact) mass is 499 g/mol. The van der Waals surface area contributed by atoms with Crippen LogP contribution in [-0.2, 0) is 19.6 Å². The third kappa shape index (κ3) is 4.49. The molecule has 0 bridgehead atoms. The van der Waals surface area contributed by atoms with Gasteiger partial charge in [0, 0.05) is 13.2 Å². The van der Waals surface area contributed by atoms with Crippen LogP contribution in [0.3, 0.4) is 0 Å². The number of sulfonamides is 1. The van der Waals surface area contributed by atoms with Gasteiger partial charge in [-0.1, -0.05) is 35.1 Å². The van der Waals surface area contributed by atoms with Gasteiger partial charge < -0.3 is 4.74 Å². The molecule has 2 fully saturated rings. The molecule has 180 valence electrons. The number of fused-ring (bicyclic) bond motifs is 1. The summed E-state index contributed by atoms with van der Waals surface area (Å²) in [6.07, 6.45) is 2.92. The van der Waals surface area contributed by atoms with Crippen molar-refractivity contribution in [1.29, 1.82) is 0 Å². The molecule has 2 atom stereocenters. The quantitative estimate of drug-likeness (QED) is 0.506. The first-order chi connectivity index (χ1) is 16.3. The van der Waals surface area contributed by atoms with Gasteiger partial charge in [0.2, 0.25) is 15.9 Å². The van der Waals surface area contributed by atoms with Crippen molar-refractivity contribution in [3.8, 4) is 0 Å². The summed E-state index contributed by atoms with van der Waals surface area (Å²) in [7, 11) is -3.79. The van der Waals surface area contributed by atoms with E-state index < -0.39 is 16.1 Å². The number of carbonyl (C=O) groups excluding carboxylic acids is 1. The van der Waals surface area contributed by atoms with Gasteiger partial charge in [0.15, 0.2) is 5.13 Å². The number of carbonyl (C=O) groups is 1. The van der Waals surface area contributed by atoms with Crippen LogP contribution in [-0.4, -0.2) is 55.5 Å². The number of anilines is 1. The first-order valence-corrected chi connectivity index (χ1v) is 14.0. The summed E-state index contributed by atoms with van der Waals surface area (Å²) < 4.78 is 35.1. The number of benzene rings is 2. The van der Waals surface area contributed by atoms with Gasteiger partial charge in [0.25, 0.3) is 0 Å². The van der Waals surface area contributed by atoms with E-state index in [4.69, 9.17) is 9.72 Å². The van der Waals surface area contributed by atoms with Crippen LogP contribution in [0.5, 0.6) is 0 Å². The molecule has 0 aliphatic carbocycles. The Bertz CT molecular complexity index is 1300. The van der Waals surface area contributed by atoms with Gasteiger partial charge in [-0.05, 0) is 69.4 Å². The van der Waals surface area contributed by atoms with E-state index in [0.29, 0.717) is 37.7 Å². The minimum absolute atomic E-state index is 0.0683. The van der Waals surface area contributed by atoms with Crippen LogP contribution in [0.15, 0.2) is 47.4 Å². The number of hydrogen-bond donors (Lipinski definition) is 0. The van der Waals surface area contributed by atoms with Gasteiger partial charge in [-0.25, -0.2) is 13.4 Å². The molecule has 1 aromatic heterocycles. The Hall–Kier alpha value is -2.33. The van der Waals surface area contributed by atoms with Gasteiger partial charge in [0.1, 0.15) is 6.04 Å². The molecule has 9 heteroatoms. The largest absolute Gasteiger partial charge is 0.376 e.